The number of benzene rings is 1. The van der Waals surface area contributed by atoms with Gasteiger partial charge in [-0.2, -0.15) is 0 Å². The Bertz CT molecular complexity index is 1070. The van der Waals surface area contributed by atoms with E-state index < -0.39 is 11.8 Å². The zero-order chi connectivity index (χ0) is 23.1. The van der Waals surface area contributed by atoms with Crippen LogP contribution in [0.25, 0.3) is 0 Å². The Hall–Kier alpha value is -3.13. The molecule has 170 valence electrons. The van der Waals surface area contributed by atoms with Crippen molar-refractivity contribution in [2.75, 3.05) is 6.61 Å². The van der Waals surface area contributed by atoms with E-state index >= 15 is 0 Å². The van der Waals surface area contributed by atoms with Crippen LogP contribution in [0.2, 0.25) is 5.02 Å². The van der Waals surface area contributed by atoms with Gasteiger partial charge < -0.3 is 14.6 Å². The number of carbonyl (C=O) groups is 1. The lowest BCUT2D eigenvalue weighted by Gasteiger charge is -2.11. The Balaban J connectivity index is 1.67. The molecule has 2 aromatic heterocycles. The number of pyridine rings is 1. The number of hydrogen-bond acceptors (Lipinski definition) is 5. The molecule has 0 saturated heterocycles. The van der Waals surface area contributed by atoms with E-state index in [1.165, 1.54) is 12.1 Å². The summed E-state index contributed by atoms with van der Waals surface area (Å²) >= 11 is 6.19. The Kier molecular flexibility index (Phi) is 8.05. The van der Waals surface area contributed by atoms with Crippen LogP contribution in [0, 0.1) is 5.82 Å². The molecule has 0 aliphatic heterocycles. The Labute approximate surface area is 190 Å². The number of nitrogens with zero attached hydrogens (tertiary/aromatic N) is 3. The SMILES string of the molecule is CC(C)Oc1cc(CCCOc2ncccc2CC(=O)O)n(Cc2ccc(F)cc2Cl)n1. The lowest BCUT2D eigenvalue weighted by Crippen LogP contribution is -2.10. The predicted octanol–water partition coefficient (Wildman–Crippen LogP) is 4.54. The van der Waals surface area contributed by atoms with Gasteiger partial charge in [0.15, 0.2) is 0 Å². The van der Waals surface area contributed by atoms with Gasteiger partial charge in [-0.15, -0.1) is 5.10 Å². The van der Waals surface area contributed by atoms with Crippen LogP contribution < -0.4 is 9.47 Å². The largest absolute Gasteiger partial charge is 0.481 e. The standard InChI is InChI=1S/C23H25ClFN3O4/c1-15(2)32-21-13-19(28(27-21)14-17-7-8-18(25)12-20(17)24)6-4-10-31-23-16(11-22(29)30)5-3-9-26-23/h3,5,7-9,12-13,15H,4,6,10-11,14H2,1-2H3,(H,29,30). The second-order valence-electron chi connectivity index (χ2n) is 7.52. The quantitative estimate of drug-likeness (QED) is 0.422. The molecule has 0 unspecified atom stereocenters. The minimum Gasteiger partial charge on any atom is -0.481 e. The van der Waals surface area contributed by atoms with Crippen molar-refractivity contribution in [1.82, 2.24) is 14.8 Å². The molecule has 3 rings (SSSR count). The van der Waals surface area contributed by atoms with Gasteiger partial charge in [-0.05, 0) is 50.5 Å². The van der Waals surface area contributed by atoms with E-state index in [1.807, 2.05) is 19.9 Å². The summed E-state index contributed by atoms with van der Waals surface area (Å²) in [7, 11) is 0. The van der Waals surface area contributed by atoms with Gasteiger partial charge in [-0.25, -0.2) is 9.37 Å². The Morgan fingerprint density at radius 3 is 2.78 bits per heavy atom. The molecule has 0 radical (unpaired) electrons. The zero-order valence-electron chi connectivity index (χ0n) is 17.9. The van der Waals surface area contributed by atoms with E-state index in [9.17, 15) is 9.18 Å². The minimum absolute atomic E-state index is 0.0271. The average molecular weight is 462 g/mol. The summed E-state index contributed by atoms with van der Waals surface area (Å²) in [5.74, 6) is -0.506. The molecule has 0 spiro atoms. The third kappa shape index (κ3) is 6.68. The lowest BCUT2D eigenvalue weighted by atomic mass is 10.2. The number of rotatable bonds is 11. The van der Waals surface area contributed by atoms with E-state index in [4.69, 9.17) is 26.2 Å². The molecule has 0 atom stereocenters. The molecule has 0 aliphatic carbocycles. The van der Waals surface area contributed by atoms with E-state index in [0.717, 1.165) is 11.3 Å². The maximum absolute atomic E-state index is 13.4. The molecular weight excluding hydrogens is 437 g/mol. The van der Waals surface area contributed by atoms with Crippen molar-refractivity contribution < 1.29 is 23.8 Å². The molecule has 9 heteroatoms. The van der Waals surface area contributed by atoms with Gasteiger partial charge in [-0.3, -0.25) is 9.48 Å². The van der Waals surface area contributed by atoms with Gasteiger partial charge in [0.25, 0.3) is 0 Å². The molecule has 2 heterocycles. The highest BCUT2D eigenvalue weighted by atomic mass is 35.5. The van der Waals surface area contributed by atoms with Crippen LogP contribution in [0.3, 0.4) is 0 Å². The predicted molar refractivity (Wildman–Crippen MR) is 118 cm³/mol. The molecule has 7 nitrogen and oxygen atoms in total. The molecule has 32 heavy (non-hydrogen) atoms. The normalized spacial score (nSPS) is 11.0. The first kappa shape index (κ1) is 23.5. The van der Waals surface area contributed by atoms with Crippen LogP contribution in [0.4, 0.5) is 4.39 Å². The number of carboxylic acid groups (broad SMARTS) is 1. The Morgan fingerprint density at radius 1 is 1.25 bits per heavy atom. The van der Waals surface area contributed by atoms with Crippen molar-refractivity contribution in [2.45, 2.75) is 45.8 Å². The maximum Gasteiger partial charge on any atom is 0.308 e. The monoisotopic (exact) mass is 461 g/mol. The van der Waals surface area contributed by atoms with Gasteiger partial charge in [0.1, 0.15) is 5.82 Å². The first-order chi connectivity index (χ1) is 15.3. The summed E-state index contributed by atoms with van der Waals surface area (Å²) in [5, 5.41) is 13.9. The summed E-state index contributed by atoms with van der Waals surface area (Å²) < 4.78 is 26.6. The van der Waals surface area contributed by atoms with Crippen LogP contribution in [0.1, 0.15) is 37.1 Å². The van der Waals surface area contributed by atoms with Crippen molar-refractivity contribution in [3.05, 3.63) is 70.3 Å². The van der Waals surface area contributed by atoms with Crippen LogP contribution in [-0.2, 0) is 24.2 Å². The summed E-state index contributed by atoms with van der Waals surface area (Å²) in [4.78, 5) is 15.1. The van der Waals surface area contributed by atoms with Crippen molar-refractivity contribution in [3.8, 4) is 11.8 Å². The highest BCUT2D eigenvalue weighted by Crippen LogP contribution is 2.22. The number of aryl methyl sites for hydroxylation is 1. The van der Waals surface area contributed by atoms with Gasteiger partial charge in [0.2, 0.25) is 11.8 Å². The fraction of sp³-hybridized carbons (Fsp3) is 0.348. The minimum atomic E-state index is -0.941. The number of aliphatic carboxylic acids is 1. The summed E-state index contributed by atoms with van der Waals surface area (Å²) in [6.07, 6.45) is 2.67. The Morgan fingerprint density at radius 2 is 2.06 bits per heavy atom. The van der Waals surface area contributed by atoms with Gasteiger partial charge in [0.05, 0.1) is 25.7 Å². The van der Waals surface area contributed by atoms with E-state index in [1.54, 1.807) is 29.1 Å². The highest BCUT2D eigenvalue weighted by Gasteiger charge is 2.13. The van der Waals surface area contributed by atoms with Crippen molar-refractivity contribution in [1.29, 1.82) is 0 Å². The summed E-state index contributed by atoms with van der Waals surface area (Å²) in [6.45, 7) is 4.57. The third-order valence-electron chi connectivity index (χ3n) is 4.54. The lowest BCUT2D eigenvalue weighted by molar-refractivity contribution is -0.136. The smallest absolute Gasteiger partial charge is 0.308 e. The van der Waals surface area contributed by atoms with Crippen LogP contribution >= 0.6 is 11.6 Å². The van der Waals surface area contributed by atoms with Crippen LogP contribution in [0.15, 0.2) is 42.6 Å². The molecule has 0 saturated carbocycles. The molecule has 1 aromatic carbocycles. The summed E-state index contributed by atoms with van der Waals surface area (Å²) in [6, 6.07) is 9.52. The number of halogens is 2. The van der Waals surface area contributed by atoms with Gasteiger partial charge in [0, 0.05) is 28.5 Å². The average Bonchev–Trinajstić information content (AvgIpc) is 3.08. The molecule has 0 bridgehead atoms. The van der Waals surface area contributed by atoms with Crippen molar-refractivity contribution in [2.24, 2.45) is 0 Å². The van der Waals surface area contributed by atoms with E-state index in [2.05, 4.69) is 10.1 Å². The zero-order valence-corrected chi connectivity index (χ0v) is 18.7. The molecule has 0 aliphatic rings. The fourth-order valence-corrected chi connectivity index (χ4v) is 3.38. The highest BCUT2D eigenvalue weighted by molar-refractivity contribution is 6.31. The number of carboxylic acids is 1. The van der Waals surface area contributed by atoms with Gasteiger partial charge in [-0.1, -0.05) is 23.7 Å². The van der Waals surface area contributed by atoms with Crippen molar-refractivity contribution in [3.63, 3.8) is 0 Å². The first-order valence-electron chi connectivity index (χ1n) is 10.3. The maximum atomic E-state index is 13.4. The van der Waals surface area contributed by atoms with Crippen LogP contribution in [0.5, 0.6) is 11.8 Å². The second-order valence-corrected chi connectivity index (χ2v) is 7.93. The molecule has 3 aromatic rings. The van der Waals surface area contributed by atoms with E-state index in [-0.39, 0.29) is 12.5 Å². The summed E-state index contributed by atoms with van der Waals surface area (Å²) in [5.41, 5.74) is 2.19. The number of ether oxygens (including phenoxy) is 2. The van der Waals surface area contributed by atoms with E-state index in [0.29, 0.717) is 48.3 Å². The van der Waals surface area contributed by atoms with Crippen LogP contribution in [-0.4, -0.2) is 38.6 Å². The third-order valence-corrected chi connectivity index (χ3v) is 4.89. The second kappa shape index (κ2) is 10.9. The topological polar surface area (TPSA) is 86.5 Å². The molecule has 1 N–H and O–H groups in total. The molecule has 0 amide bonds. The fourth-order valence-electron chi connectivity index (χ4n) is 3.15. The molecule has 0 fully saturated rings. The molecular formula is C23H25ClFN3O4. The van der Waals surface area contributed by atoms with Gasteiger partial charge >= 0.3 is 5.97 Å². The number of aromatic nitrogens is 3. The number of hydrogen-bond donors (Lipinski definition) is 1. The van der Waals surface area contributed by atoms with Crippen molar-refractivity contribution >= 4 is 17.6 Å². The first-order valence-corrected chi connectivity index (χ1v) is 10.7.